The number of rotatable bonds is 3. The van der Waals surface area contributed by atoms with Gasteiger partial charge in [-0.3, -0.25) is 4.68 Å². The molecule has 3 heteroatoms. The maximum absolute atomic E-state index is 4.29. The van der Waals surface area contributed by atoms with E-state index in [-0.39, 0.29) is 0 Å². The molecule has 0 aliphatic heterocycles. The normalized spacial score (nSPS) is 19.7. The first-order valence-electron chi connectivity index (χ1n) is 5.93. The Hall–Kier alpha value is -0.830. The van der Waals surface area contributed by atoms with E-state index in [1.807, 2.05) is 17.9 Å². The highest BCUT2D eigenvalue weighted by molar-refractivity contribution is 5.19. The summed E-state index contributed by atoms with van der Waals surface area (Å²) in [5, 5.41) is 7.98. The third-order valence-corrected chi connectivity index (χ3v) is 3.58. The zero-order chi connectivity index (χ0) is 10.8. The van der Waals surface area contributed by atoms with Gasteiger partial charge in [-0.25, -0.2) is 0 Å². The van der Waals surface area contributed by atoms with Crippen molar-refractivity contribution in [2.45, 2.75) is 51.6 Å². The van der Waals surface area contributed by atoms with E-state index < -0.39 is 0 Å². The largest absolute Gasteiger partial charge is 0.307 e. The van der Waals surface area contributed by atoms with Crippen LogP contribution in [0.1, 0.15) is 49.9 Å². The van der Waals surface area contributed by atoms with Crippen molar-refractivity contribution in [3.05, 3.63) is 17.5 Å². The van der Waals surface area contributed by atoms with Crippen LogP contribution < -0.4 is 5.32 Å². The second kappa shape index (κ2) is 4.35. The molecule has 1 unspecified atom stereocenters. The molecule has 1 aromatic heterocycles. The second-order valence-electron chi connectivity index (χ2n) is 4.68. The summed E-state index contributed by atoms with van der Waals surface area (Å²) in [6.07, 6.45) is 7.43. The fourth-order valence-corrected chi connectivity index (χ4v) is 2.48. The van der Waals surface area contributed by atoms with Crippen molar-refractivity contribution in [3.8, 4) is 0 Å². The topological polar surface area (TPSA) is 29.9 Å². The van der Waals surface area contributed by atoms with E-state index in [4.69, 9.17) is 0 Å². The summed E-state index contributed by atoms with van der Waals surface area (Å²) in [7, 11) is 2.00. The highest BCUT2D eigenvalue weighted by Crippen LogP contribution is 2.23. The van der Waals surface area contributed by atoms with Crippen molar-refractivity contribution in [2.24, 2.45) is 7.05 Å². The summed E-state index contributed by atoms with van der Waals surface area (Å²) in [5.74, 6) is 0. The molecule has 3 nitrogen and oxygen atoms in total. The molecule has 0 radical (unpaired) electrons. The molecule has 1 heterocycles. The summed E-state index contributed by atoms with van der Waals surface area (Å²) in [5.41, 5.74) is 2.61. The molecule has 1 atom stereocenters. The van der Waals surface area contributed by atoms with Crippen LogP contribution in [0, 0.1) is 6.92 Å². The molecular weight excluding hydrogens is 186 g/mol. The van der Waals surface area contributed by atoms with Gasteiger partial charge in [-0.1, -0.05) is 12.8 Å². The molecule has 0 amide bonds. The van der Waals surface area contributed by atoms with Gasteiger partial charge in [0.2, 0.25) is 0 Å². The van der Waals surface area contributed by atoms with Crippen LogP contribution in [0.15, 0.2) is 6.20 Å². The van der Waals surface area contributed by atoms with E-state index in [0.717, 1.165) is 6.04 Å². The van der Waals surface area contributed by atoms with Crippen LogP contribution in [0.2, 0.25) is 0 Å². The SMILES string of the molecule is Cc1c(C(C)NC2CCCC2)cnn1C. The third-order valence-electron chi connectivity index (χ3n) is 3.58. The summed E-state index contributed by atoms with van der Waals surface area (Å²) >= 11 is 0. The average molecular weight is 207 g/mol. The van der Waals surface area contributed by atoms with Crippen molar-refractivity contribution in [2.75, 3.05) is 0 Å². The molecule has 15 heavy (non-hydrogen) atoms. The number of aromatic nitrogens is 2. The standard InChI is InChI=1S/C12H21N3/c1-9(14-11-6-4-5-7-11)12-8-13-15(3)10(12)2/h8-9,11,14H,4-7H2,1-3H3. The van der Waals surface area contributed by atoms with Gasteiger partial charge in [0.15, 0.2) is 0 Å². The Balaban J connectivity index is 2.00. The maximum atomic E-state index is 4.29. The first-order chi connectivity index (χ1) is 7.18. The Morgan fingerprint density at radius 1 is 1.47 bits per heavy atom. The van der Waals surface area contributed by atoms with Crippen LogP contribution in [0.5, 0.6) is 0 Å². The predicted molar refractivity (Wildman–Crippen MR) is 61.8 cm³/mol. The molecule has 0 bridgehead atoms. The molecule has 1 fully saturated rings. The van der Waals surface area contributed by atoms with Crippen LogP contribution in [-0.4, -0.2) is 15.8 Å². The van der Waals surface area contributed by atoms with E-state index in [1.165, 1.54) is 36.9 Å². The van der Waals surface area contributed by atoms with E-state index >= 15 is 0 Å². The molecule has 0 aromatic carbocycles. The second-order valence-corrected chi connectivity index (χ2v) is 4.68. The molecule has 0 spiro atoms. The Labute approximate surface area is 91.9 Å². The summed E-state index contributed by atoms with van der Waals surface area (Å²) in [4.78, 5) is 0. The lowest BCUT2D eigenvalue weighted by atomic mass is 10.1. The smallest absolute Gasteiger partial charge is 0.0540 e. The highest BCUT2D eigenvalue weighted by Gasteiger charge is 2.19. The number of nitrogens with zero attached hydrogens (tertiary/aromatic N) is 2. The predicted octanol–water partition coefficient (Wildman–Crippen LogP) is 2.32. The van der Waals surface area contributed by atoms with Gasteiger partial charge in [-0.05, 0) is 26.7 Å². The summed E-state index contributed by atoms with van der Waals surface area (Å²) in [6, 6.07) is 1.15. The lowest BCUT2D eigenvalue weighted by Crippen LogP contribution is -2.29. The van der Waals surface area contributed by atoms with Gasteiger partial charge in [-0.15, -0.1) is 0 Å². The first-order valence-corrected chi connectivity index (χ1v) is 5.93. The number of aryl methyl sites for hydroxylation is 1. The Morgan fingerprint density at radius 3 is 2.67 bits per heavy atom. The van der Waals surface area contributed by atoms with Gasteiger partial charge in [0.25, 0.3) is 0 Å². The number of nitrogens with one attached hydrogen (secondary N) is 1. The van der Waals surface area contributed by atoms with Crippen molar-refractivity contribution < 1.29 is 0 Å². The lowest BCUT2D eigenvalue weighted by molar-refractivity contribution is 0.460. The zero-order valence-electron chi connectivity index (χ0n) is 9.95. The van der Waals surface area contributed by atoms with Crippen LogP contribution in [0.4, 0.5) is 0 Å². The van der Waals surface area contributed by atoms with Crippen LogP contribution in [0.3, 0.4) is 0 Å². The molecule has 1 saturated carbocycles. The van der Waals surface area contributed by atoms with Crippen LogP contribution in [0.25, 0.3) is 0 Å². The fraction of sp³-hybridized carbons (Fsp3) is 0.750. The first kappa shape index (κ1) is 10.7. The quantitative estimate of drug-likeness (QED) is 0.824. The molecule has 0 saturated heterocycles. The maximum Gasteiger partial charge on any atom is 0.0540 e. The molecule has 1 N–H and O–H groups in total. The number of hydrogen-bond acceptors (Lipinski definition) is 2. The van der Waals surface area contributed by atoms with Gasteiger partial charge >= 0.3 is 0 Å². The Kier molecular flexibility index (Phi) is 3.10. The average Bonchev–Trinajstić information content (AvgIpc) is 2.79. The van der Waals surface area contributed by atoms with E-state index in [2.05, 4.69) is 24.3 Å². The summed E-state index contributed by atoms with van der Waals surface area (Å²) in [6.45, 7) is 4.37. The monoisotopic (exact) mass is 207 g/mol. The van der Waals surface area contributed by atoms with Gasteiger partial charge in [0.1, 0.15) is 0 Å². The Bertz CT molecular complexity index is 324. The minimum atomic E-state index is 0.432. The van der Waals surface area contributed by atoms with E-state index in [1.54, 1.807) is 0 Å². The van der Waals surface area contributed by atoms with Crippen LogP contribution >= 0.6 is 0 Å². The zero-order valence-corrected chi connectivity index (χ0v) is 9.95. The highest BCUT2D eigenvalue weighted by atomic mass is 15.3. The lowest BCUT2D eigenvalue weighted by Gasteiger charge is -2.18. The Morgan fingerprint density at radius 2 is 2.13 bits per heavy atom. The molecule has 84 valence electrons. The molecule has 1 aliphatic rings. The minimum Gasteiger partial charge on any atom is -0.307 e. The van der Waals surface area contributed by atoms with Gasteiger partial charge in [0.05, 0.1) is 6.20 Å². The molecule has 1 aromatic rings. The van der Waals surface area contributed by atoms with Crippen molar-refractivity contribution >= 4 is 0 Å². The van der Waals surface area contributed by atoms with E-state index in [9.17, 15) is 0 Å². The van der Waals surface area contributed by atoms with E-state index in [0.29, 0.717) is 6.04 Å². The third kappa shape index (κ3) is 2.23. The van der Waals surface area contributed by atoms with Crippen molar-refractivity contribution in [1.82, 2.24) is 15.1 Å². The molecule has 2 rings (SSSR count). The fourth-order valence-electron chi connectivity index (χ4n) is 2.48. The summed E-state index contributed by atoms with van der Waals surface area (Å²) < 4.78 is 1.95. The number of hydrogen-bond donors (Lipinski definition) is 1. The van der Waals surface area contributed by atoms with Crippen molar-refractivity contribution in [1.29, 1.82) is 0 Å². The molecule has 1 aliphatic carbocycles. The van der Waals surface area contributed by atoms with Crippen molar-refractivity contribution in [3.63, 3.8) is 0 Å². The minimum absolute atomic E-state index is 0.432. The van der Waals surface area contributed by atoms with Gasteiger partial charge in [-0.2, -0.15) is 5.10 Å². The molecular formula is C12H21N3. The van der Waals surface area contributed by atoms with Gasteiger partial charge < -0.3 is 5.32 Å². The van der Waals surface area contributed by atoms with Crippen LogP contribution in [-0.2, 0) is 7.05 Å². The van der Waals surface area contributed by atoms with Gasteiger partial charge in [0, 0.05) is 30.4 Å².